The number of amides is 1. The lowest BCUT2D eigenvalue weighted by Crippen LogP contribution is -2.28. The van der Waals surface area contributed by atoms with E-state index in [1.807, 2.05) is 4.90 Å². The van der Waals surface area contributed by atoms with Crippen molar-refractivity contribution < 1.29 is 4.79 Å². The van der Waals surface area contributed by atoms with Crippen molar-refractivity contribution in [1.82, 2.24) is 4.90 Å². The molecule has 1 atom stereocenters. The summed E-state index contributed by atoms with van der Waals surface area (Å²) in [4.78, 5) is 14.3. The number of likely N-dealkylation sites (tertiary alicyclic amines) is 1. The molecule has 0 radical (unpaired) electrons. The predicted octanol–water partition coefficient (Wildman–Crippen LogP) is 2.95. The lowest BCUT2D eigenvalue weighted by atomic mass is 10.2. The highest BCUT2D eigenvalue weighted by atomic mass is 79.9. The summed E-state index contributed by atoms with van der Waals surface area (Å²) in [7, 11) is 0. The van der Waals surface area contributed by atoms with E-state index < -0.39 is 0 Å². The van der Waals surface area contributed by atoms with E-state index in [2.05, 4.69) is 15.9 Å². The van der Waals surface area contributed by atoms with Gasteiger partial charge in [0.15, 0.2) is 0 Å². The summed E-state index contributed by atoms with van der Waals surface area (Å²) < 4.78 is 0. The number of halogens is 2. The van der Waals surface area contributed by atoms with Crippen LogP contribution in [0.4, 0.5) is 0 Å². The van der Waals surface area contributed by atoms with E-state index in [-0.39, 0.29) is 5.91 Å². The lowest BCUT2D eigenvalue weighted by Gasteiger charge is -2.15. The molecule has 1 aromatic carbocycles. The fraction of sp³-hybridized carbons (Fsp3) is 0.364. The van der Waals surface area contributed by atoms with Gasteiger partial charge in [0.2, 0.25) is 0 Å². The number of carbonyl (C=O) groups excluding carboxylic acids is 1. The molecule has 0 spiro atoms. The van der Waals surface area contributed by atoms with Gasteiger partial charge < -0.3 is 4.90 Å². The average molecular weight is 289 g/mol. The smallest absolute Gasteiger partial charge is 0.253 e. The average Bonchev–Trinajstić information content (AvgIpc) is 2.64. The van der Waals surface area contributed by atoms with Gasteiger partial charge >= 0.3 is 0 Å². The minimum atomic E-state index is 0.0689. The van der Waals surface area contributed by atoms with Crippen molar-refractivity contribution >= 4 is 33.4 Å². The molecular formula is C11H11BrClNO. The van der Waals surface area contributed by atoms with E-state index in [0.29, 0.717) is 15.4 Å². The Morgan fingerprint density at radius 2 is 2.33 bits per heavy atom. The Hall–Kier alpha value is -0.540. The quantitative estimate of drug-likeness (QED) is 0.728. The molecule has 1 aliphatic rings. The molecule has 0 aromatic heterocycles. The van der Waals surface area contributed by atoms with Gasteiger partial charge in [0.1, 0.15) is 0 Å². The number of benzene rings is 1. The van der Waals surface area contributed by atoms with Crippen LogP contribution in [0.3, 0.4) is 0 Å². The molecule has 0 N–H and O–H groups in total. The predicted molar refractivity (Wildman–Crippen MR) is 64.7 cm³/mol. The largest absolute Gasteiger partial charge is 0.337 e. The van der Waals surface area contributed by atoms with Crippen molar-refractivity contribution in [3.8, 4) is 0 Å². The summed E-state index contributed by atoms with van der Waals surface area (Å²) in [6.07, 6.45) is 1.02. The Bertz CT molecular complexity index is 383. The van der Waals surface area contributed by atoms with Crippen molar-refractivity contribution in [3.05, 3.63) is 34.9 Å². The Balaban J connectivity index is 2.14. The first-order valence-electron chi connectivity index (χ1n) is 4.86. The zero-order chi connectivity index (χ0) is 10.8. The van der Waals surface area contributed by atoms with Crippen LogP contribution >= 0.6 is 27.5 Å². The van der Waals surface area contributed by atoms with Gasteiger partial charge in [-0.3, -0.25) is 4.79 Å². The van der Waals surface area contributed by atoms with Crippen molar-refractivity contribution in [2.75, 3.05) is 13.1 Å². The molecule has 0 aliphatic carbocycles. The number of hydrogen-bond acceptors (Lipinski definition) is 1. The molecule has 80 valence electrons. The Labute approximate surface area is 102 Å². The van der Waals surface area contributed by atoms with Gasteiger partial charge in [-0.1, -0.05) is 33.6 Å². The summed E-state index contributed by atoms with van der Waals surface area (Å²) in [6, 6.07) is 7.09. The number of alkyl halides is 1. The third-order valence-corrected chi connectivity index (χ3v) is 3.47. The molecule has 2 nitrogen and oxygen atoms in total. The van der Waals surface area contributed by atoms with Crippen LogP contribution in [0.15, 0.2) is 24.3 Å². The molecule has 2 rings (SSSR count). The topological polar surface area (TPSA) is 20.3 Å². The van der Waals surface area contributed by atoms with Crippen LogP contribution in [0, 0.1) is 0 Å². The Morgan fingerprint density at radius 1 is 1.53 bits per heavy atom. The highest BCUT2D eigenvalue weighted by molar-refractivity contribution is 9.09. The van der Waals surface area contributed by atoms with Crippen LogP contribution in [0.2, 0.25) is 5.02 Å². The maximum atomic E-state index is 12.0. The van der Waals surface area contributed by atoms with E-state index in [1.54, 1.807) is 24.3 Å². The molecule has 1 aromatic rings. The molecular weight excluding hydrogens is 277 g/mol. The molecule has 0 bridgehead atoms. The van der Waals surface area contributed by atoms with Crippen molar-refractivity contribution in [2.24, 2.45) is 0 Å². The van der Waals surface area contributed by atoms with Gasteiger partial charge in [-0.25, -0.2) is 0 Å². The SMILES string of the molecule is O=C(c1cccc(Cl)c1)N1CCC(Br)C1. The second kappa shape index (κ2) is 4.54. The first-order chi connectivity index (χ1) is 7.16. The van der Waals surface area contributed by atoms with Crippen LogP contribution < -0.4 is 0 Å². The van der Waals surface area contributed by atoms with E-state index in [9.17, 15) is 4.79 Å². The van der Waals surface area contributed by atoms with Crippen LogP contribution in [-0.2, 0) is 0 Å². The van der Waals surface area contributed by atoms with E-state index >= 15 is 0 Å². The highest BCUT2D eigenvalue weighted by Crippen LogP contribution is 2.20. The van der Waals surface area contributed by atoms with Gasteiger partial charge in [-0.2, -0.15) is 0 Å². The second-order valence-corrected chi connectivity index (χ2v) is 5.38. The summed E-state index contributed by atoms with van der Waals surface area (Å²) in [5.74, 6) is 0.0689. The number of nitrogens with zero attached hydrogens (tertiary/aromatic N) is 1. The van der Waals surface area contributed by atoms with Crippen LogP contribution in [0.25, 0.3) is 0 Å². The van der Waals surface area contributed by atoms with Gasteiger partial charge in [0.05, 0.1) is 0 Å². The molecule has 1 amide bonds. The maximum absolute atomic E-state index is 12.0. The number of hydrogen-bond donors (Lipinski definition) is 0. The maximum Gasteiger partial charge on any atom is 0.253 e. The number of carbonyl (C=O) groups is 1. The standard InChI is InChI=1S/C11H11BrClNO/c12-9-4-5-14(7-9)11(15)8-2-1-3-10(13)6-8/h1-3,6,9H,4-5,7H2. The minimum Gasteiger partial charge on any atom is -0.337 e. The van der Waals surface area contributed by atoms with E-state index in [4.69, 9.17) is 11.6 Å². The van der Waals surface area contributed by atoms with Crippen LogP contribution in [0.1, 0.15) is 16.8 Å². The Morgan fingerprint density at radius 3 is 2.93 bits per heavy atom. The molecule has 1 fully saturated rings. The molecule has 15 heavy (non-hydrogen) atoms. The summed E-state index contributed by atoms with van der Waals surface area (Å²) >= 11 is 9.36. The van der Waals surface area contributed by atoms with E-state index in [1.165, 1.54) is 0 Å². The number of rotatable bonds is 1. The molecule has 1 unspecified atom stereocenters. The summed E-state index contributed by atoms with van der Waals surface area (Å²) in [6.45, 7) is 1.60. The van der Waals surface area contributed by atoms with Gasteiger partial charge in [0, 0.05) is 28.5 Å². The lowest BCUT2D eigenvalue weighted by molar-refractivity contribution is 0.0793. The van der Waals surface area contributed by atoms with Crippen LogP contribution in [0.5, 0.6) is 0 Å². The fourth-order valence-electron chi connectivity index (χ4n) is 1.71. The molecule has 0 saturated carbocycles. The molecule has 4 heteroatoms. The zero-order valence-corrected chi connectivity index (χ0v) is 10.5. The highest BCUT2D eigenvalue weighted by Gasteiger charge is 2.24. The third-order valence-electron chi connectivity index (χ3n) is 2.49. The van der Waals surface area contributed by atoms with E-state index in [0.717, 1.165) is 19.5 Å². The van der Waals surface area contributed by atoms with Gasteiger partial charge in [-0.15, -0.1) is 0 Å². The zero-order valence-electron chi connectivity index (χ0n) is 8.12. The molecule has 1 aliphatic heterocycles. The second-order valence-electron chi connectivity index (χ2n) is 3.65. The first kappa shape index (κ1) is 11.0. The molecule has 1 heterocycles. The summed E-state index contributed by atoms with van der Waals surface area (Å²) in [5, 5.41) is 0.607. The normalized spacial score (nSPS) is 20.7. The van der Waals surface area contributed by atoms with Crippen molar-refractivity contribution in [3.63, 3.8) is 0 Å². The summed E-state index contributed by atoms with van der Waals surface area (Å²) in [5.41, 5.74) is 0.670. The van der Waals surface area contributed by atoms with Crippen molar-refractivity contribution in [1.29, 1.82) is 0 Å². The fourth-order valence-corrected chi connectivity index (χ4v) is 2.45. The van der Waals surface area contributed by atoms with Gasteiger partial charge in [0.25, 0.3) is 5.91 Å². The molecule has 1 saturated heterocycles. The third kappa shape index (κ3) is 2.52. The van der Waals surface area contributed by atoms with Crippen molar-refractivity contribution in [2.45, 2.75) is 11.2 Å². The first-order valence-corrected chi connectivity index (χ1v) is 6.15. The van der Waals surface area contributed by atoms with Crippen LogP contribution in [-0.4, -0.2) is 28.7 Å². The van der Waals surface area contributed by atoms with Gasteiger partial charge in [-0.05, 0) is 24.6 Å². The monoisotopic (exact) mass is 287 g/mol. The Kier molecular flexibility index (Phi) is 3.32. The minimum absolute atomic E-state index is 0.0689.